The number of anilines is 1. The van der Waals surface area contributed by atoms with Crippen molar-refractivity contribution in [2.75, 3.05) is 50.7 Å². The number of hydrogen-bond donors (Lipinski definition) is 1. The Morgan fingerprint density at radius 1 is 0.903 bits per heavy atom. The van der Waals surface area contributed by atoms with E-state index in [-0.39, 0.29) is 17.4 Å². The van der Waals surface area contributed by atoms with Gasteiger partial charge in [0.25, 0.3) is 0 Å². The Morgan fingerprint density at radius 3 is 2.10 bits per heavy atom. The van der Waals surface area contributed by atoms with E-state index in [0.717, 1.165) is 31.7 Å². The number of benzene rings is 1. The van der Waals surface area contributed by atoms with Gasteiger partial charge in [-0.15, -0.1) is 0 Å². The number of nitrogens with one attached hydrogen (secondary N) is 1. The van der Waals surface area contributed by atoms with Crippen molar-refractivity contribution < 1.29 is 9.59 Å². The van der Waals surface area contributed by atoms with Gasteiger partial charge in [0.15, 0.2) is 0 Å². The molecule has 0 radical (unpaired) electrons. The molecule has 0 atom stereocenters. The molecule has 6 heteroatoms. The molecule has 0 bridgehead atoms. The lowest BCUT2D eigenvalue weighted by molar-refractivity contribution is -0.128. The summed E-state index contributed by atoms with van der Waals surface area (Å²) in [4.78, 5) is 31.1. The van der Waals surface area contributed by atoms with Gasteiger partial charge < -0.3 is 15.1 Å². The van der Waals surface area contributed by atoms with Gasteiger partial charge in [0, 0.05) is 56.6 Å². The standard InChI is InChI=1S/C25H38N4O2/c1-25(2,3)26-23(30)20-27-16-18-29(19-17-27)24(31)13-10-21-8-11-22(12-9-21)28-14-6-4-5-7-15-28/h8-13H,4-7,14-20H2,1-3H3,(H,26,30). The van der Waals surface area contributed by atoms with E-state index in [9.17, 15) is 9.59 Å². The Morgan fingerprint density at radius 2 is 1.52 bits per heavy atom. The maximum absolute atomic E-state index is 12.6. The van der Waals surface area contributed by atoms with Crippen LogP contribution >= 0.6 is 0 Å². The maximum Gasteiger partial charge on any atom is 0.246 e. The highest BCUT2D eigenvalue weighted by atomic mass is 16.2. The lowest BCUT2D eigenvalue weighted by Gasteiger charge is -2.34. The summed E-state index contributed by atoms with van der Waals surface area (Å²) in [6.07, 6.45) is 8.77. The van der Waals surface area contributed by atoms with Gasteiger partial charge in [-0.05, 0) is 57.4 Å². The topological polar surface area (TPSA) is 55.9 Å². The van der Waals surface area contributed by atoms with E-state index in [1.54, 1.807) is 6.08 Å². The van der Waals surface area contributed by atoms with Crippen LogP contribution in [0, 0.1) is 0 Å². The Bertz CT molecular complexity index is 751. The summed E-state index contributed by atoms with van der Waals surface area (Å²) < 4.78 is 0. The molecule has 1 N–H and O–H groups in total. The first-order chi connectivity index (χ1) is 14.8. The van der Waals surface area contributed by atoms with Gasteiger partial charge in [-0.2, -0.15) is 0 Å². The monoisotopic (exact) mass is 426 g/mol. The fourth-order valence-electron chi connectivity index (χ4n) is 4.19. The number of nitrogens with zero attached hydrogens (tertiary/aromatic N) is 3. The first-order valence-corrected chi connectivity index (χ1v) is 11.7. The van der Waals surface area contributed by atoms with Gasteiger partial charge >= 0.3 is 0 Å². The van der Waals surface area contributed by atoms with E-state index in [1.807, 2.05) is 31.7 Å². The van der Waals surface area contributed by atoms with Crippen molar-refractivity contribution >= 4 is 23.6 Å². The molecule has 2 aliphatic heterocycles. The van der Waals surface area contributed by atoms with E-state index in [2.05, 4.69) is 39.4 Å². The van der Waals surface area contributed by atoms with Gasteiger partial charge in [0.05, 0.1) is 6.54 Å². The molecule has 0 saturated carbocycles. The fraction of sp³-hybridized carbons (Fsp3) is 0.600. The normalized spacial score (nSPS) is 18.8. The van der Waals surface area contributed by atoms with Gasteiger partial charge in [0.1, 0.15) is 0 Å². The summed E-state index contributed by atoms with van der Waals surface area (Å²) in [5, 5.41) is 2.99. The van der Waals surface area contributed by atoms with E-state index in [4.69, 9.17) is 0 Å². The maximum atomic E-state index is 12.6. The molecule has 2 heterocycles. The summed E-state index contributed by atoms with van der Waals surface area (Å²) in [5.41, 5.74) is 2.10. The van der Waals surface area contributed by atoms with Crippen molar-refractivity contribution in [1.29, 1.82) is 0 Å². The summed E-state index contributed by atoms with van der Waals surface area (Å²) in [6.45, 7) is 11.4. The smallest absolute Gasteiger partial charge is 0.246 e. The molecule has 2 fully saturated rings. The first kappa shape index (κ1) is 23.3. The lowest BCUT2D eigenvalue weighted by atomic mass is 10.1. The van der Waals surface area contributed by atoms with Gasteiger partial charge in [-0.1, -0.05) is 25.0 Å². The number of amides is 2. The molecule has 3 rings (SSSR count). The number of rotatable bonds is 5. The van der Waals surface area contributed by atoms with E-state index < -0.39 is 0 Å². The number of carbonyl (C=O) groups is 2. The largest absolute Gasteiger partial charge is 0.372 e. The second-order valence-electron chi connectivity index (χ2n) is 9.73. The zero-order chi connectivity index (χ0) is 22.3. The van der Waals surface area contributed by atoms with Crippen LogP contribution in [0.15, 0.2) is 30.3 Å². The van der Waals surface area contributed by atoms with Crippen molar-refractivity contribution in [3.05, 3.63) is 35.9 Å². The minimum absolute atomic E-state index is 0.0374. The minimum atomic E-state index is -0.217. The van der Waals surface area contributed by atoms with Crippen LogP contribution in [0.4, 0.5) is 5.69 Å². The van der Waals surface area contributed by atoms with Crippen LogP contribution in [-0.4, -0.2) is 73.0 Å². The van der Waals surface area contributed by atoms with Crippen LogP contribution in [0.1, 0.15) is 52.0 Å². The average molecular weight is 427 g/mol. The Hall–Kier alpha value is -2.34. The molecule has 0 unspecified atom stereocenters. The van der Waals surface area contributed by atoms with Gasteiger partial charge in [-0.25, -0.2) is 0 Å². The second kappa shape index (κ2) is 10.8. The molecule has 0 aromatic heterocycles. The first-order valence-electron chi connectivity index (χ1n) is 11.7. The molecule has 170 valence electrons. The molecular formula is C25H38N4O2. The third kappa shape index (κ3) is 7.69. The van der Waals surface area contributed by atoms with Crippen LogP contribution < -0.4 is 10.2 Å². The Balaban J connectivity index is 1.44. The van der Waals surface area contributed by atoms with Crippen molar-refractivity contribution in [1.82, 2.24) is 15.1 Å². The van der Waals surface area contributed by atoms with Crippen LogP contribution in [-0.2, 0) is 9.59 Å². The molecule has 2 aliphatic rings. The average Bonchev–Trinajstić information content (AvgIpc) is 3.01. The molecule has 0 spiro atoms. The fourth-order valence-corrected chi connectivity index (χ4v) is 4.19. The predicted octanol–water partition coefficient (Wildman–Crippen LogP) is 3.14. The molecular weight excluding hydrogens is 388 g/mol. The molecule has 2 saturated heterocycles. The van der Waals surface area contributed by atoms with E-state index in [0.29, 0.717) is 19.6 Å². The molecule has 1 aromatic carbocycles. The molecule has 2 amide bonds. The molecule has 31 heavy (non-hydrogen) atoms. The zero-order valence-electron chi connectivity index (χ0n) is 19.4. The highest BCUT2D eigenvalue weighted by Gasteiger charge is 2.22. The molecule has 0 aliphatic carbocycles. The van der Waals surface area contributed by atoms with E-state index in [1.165, 1.54) is 31.4 Å². The predicted molar refractivity (Wildman–Crippen MR) is 127 cm³/mol. The molecule has 6 nitrogen and oxygen atoms in total. The molecule has 1 aromatic rings. The third-order valence-corrected chi connectivity index (χ3v) is 5.85. The summed E-state index contributed by atoms with van der Waals surface area (Å²) in [6, 6.07) is 8.51. The van der Waals surface area contributed by atoms with Crippen molar-refractivity contribution in [3.63, 3.8) is 0 Å². The van der Waals surface area contributed by atoms with Gasteiger partial charge in [-0.3, -0.25) is 14.5 Å². The minimum Gasteiger partial charge on any atom is -0.372 e. The third-order valence-electron chi connectivity index (χ3n) is 5.85. The number of hydrogen-bond acceptors (Lipinski definition) is 4. The Kier molecular flexibility index (Phi) is 8.13. The highest BCUT2D eigenvalue weighted by molar-refractivity contribution is 5.92. The summed E-state index contributed by atoms with van der Waals surface area (Å²) >= 11 is 0. The van der Waals surface area contributed by atoms with Crippen LogP contribution in [0.25, 0.3) is 6.08 Å². The van der Waals surface area contributed by atoms with Crippen molar-refractivity contribution in [3.8, 4) is 0 Å². The van der Waals surface area contributed by atoms with Gasteiger partial charge in [0.2, 0.25) is 11.8 Å². The van der Waals surface area contributed by atoms with Crippen LogP contribution in [0.2, 0.25) is 0 Å². The quantitative estimate of drug-likeness (QED) is 0.735. The lowest BCUT2D eigenvalue weighted by Crippen LogP contribution is -2.52. The highest BCUT2D eigenvalue weighted by Crippen LogP contribution is 2.20. The Labute approximate surface area is 187 Å². The van der Waals surface area contributed by atoms with Crippen LogP contribution in [0.5, 0.6) is 0 Å². The van der Waals surface area contributed by atoms with Crippen molar-refractivity contribution in [2.45, 2.75) is 52.0 Å². The summed E-state index contributed by atoms with van der Waals surface area (Å²) in [7, 11) is 0. The van der Waals surface area contributed by atoms with E-state index >= 15 is 0 Å². The number of piperazine rings is 1. The van der Waals surface area contributed by atoms with Crippen molar-refractivity contribution in [2.24, 2.45) is 0 Å². The zero-order valence-corrected chi connectivity index (χ0v) is 19.4. The second-order valence-corrected chi connectivity index (χ2v) is 9.73. The number of carbonyl (C=O) groups excluding carboxylic acids is 2. The summed E-state index contributed by atoms with van der Waals surface area (Å²) in [5.74, 6) is 0.0752. The van der Waals surface area contributed by atoms with Crippen LogP contribution in [0.3, 0.4) is 0 Å². The SMILES string of the molecule is CC(C)(C)NC(=O)CN1CCN(C(=O)C=Cc2ccc(N3CCCCCC3)cc2)CC1.